The molecule has 2 heterocycles. The fraction of sp³-hybridized carbons (Fsp3) is 0.440. The van der Waals surface area contributed by atoms with Crippen molar-refractivity contribution in [1.29, 1.82) is 0 Å². The summed E-state index contributed by atoms with van der Waals surface area (Å²) < 4.78 is 7.64. The highest BCUT2D eigenvalue weighted by Gasteiger charge is 2.20. The lowest BCUT2D eigenvalue weighted by Crippen LogP contribution is -2.23. The zero-order valence-electron chi connectivity index (χ0n) is 18.1. The van der Waals surface area contributed by atoms with Gasteiger partial charge in [-0.2, -0.15) is 0 Å². The number of fused-ring (bicyclic) bond motifs is 1. The predicted octanol–water partition coefficient (Wildman–Crippen LogP) is 6.09. The lowest BCUT2D eigenvalue weighted by atomic mass is 9.92. The van der Waals surface area contributed by atoms with Crippen LogP contribution < -0.4 is 10.1 Å². The largest absolute Gasteiger partial charge is 0.427 e. The Morgan fingerprint density at radius 2 is 1.83 bits per heavy atom. The molecular weight excluding hydrogens is 374 g/mol. The number of hydrogen-bond acceptors (Lipinski definition) is 4. The summed E-state index contributed by atoms with van der Waals surface area (Å²) in [5, 5.41) is 3.76. The van der Waals surface area contributed by atoms with Crippen molar-refractivity contribution >= 4 is 17.4 Å². The van der Waals surface area contributed by atoms with Crippen molar-refractivity contribution in [2.24, 2.45) is 5.41 Å². The Balaban J connectivity index is 1.59. The fourth-order valence-electron chi connectivity index (χ4n) is 4.06. The van der Waals surface area contributed by atoms with Gasteiger partial charge in [-0.05, 0) is 54.7 Å². The fourth-order valence-corrected chi connectivity index (χ4v) is 4.06. The molecule has 0 atom stereocenters. The van der Waals surface area contributed by atoms with Crippen LogP contribution in [0.2, 0.25) is 0 Å². The highest BCUT2D eigenvalue weighted by molar-refractivity contribution is 5.78. The summed E-state index contributed by atoms with van der Waals surface area (Å²) in [6.07, 6.45) is 8.71. The number of ether oxygens (including phenoxy) is 1. The van der Waals surface area contributed by atoms with Crippen molar-refractivity contribution in [3.63, 3.8) is 0 Å². The quantitative estimate of drug-likeness (QED) is 0.412. The number of pyridine rings is 1. The molecule has 0 saturated heterocycles. The Kier molecular flexibility index (Phi) is 5.80. The SMILES string of the molecule is CC(C)(C)CC(=O)Oc1ccc(-c2nc3ccccn3c2NC2CCCCC2)cc1. The van der Waals surface area contributed by atoms with Gasteiger partial charge in [0.25, 0.3) is 0 Å². The Labute approximate surface area is 178 Å². The molecule has 2 aromatic heterocycles. The van der Waals surface area contributed by atoms with E-state index in [9.17, 15) is 4.79 Å². The zero-order chi connectivity index (χ0) is 21.1. The van der Waals surface area contributed by atoms with E-state index in [2.05, 4.69) is 15.9 Å². The van der Waals surface area contributed by atoms with Gasteiger partial charge < -0.3 is 10.1 Å². The van der Waals surface area contributed by atoms with Crippen molar-refractivity contribution in [3.05, 3.63) is 48.7 Å². The van der Waals surface area contributed by atoms with Crippen LogP contribution in [0.15, 0.2) is 48.7 Å². The van der Waals surface area contributed by atoms with E-state index in [1.54, 1.807) is 0 Å². The minimum absolute atomic E-state index is 0.0900. The second-order valence-electron chi connectivity index (χ2n) is 9.45. The lowest BCUT2D eigenvalue weighted by Gasteiger charge is -2.24. The molecule has 30 heavy (non-hydrogen) atoms. The Bertz CT molecular complexity index is 1010. The Hall–Kier alpha value is -2.82. The van der Waals surface area contributed by atoms with Crippen LogP contribution in [0.4, 0.5) is 5.82 Å². The van der Waals surface area contributed by atoms with E-state index in [4.69, 9.17) is 9.72 Å². The van der Waals surface area contributed by atoms with Gasteiger partial charge in [-0.3, -0.25) is 9.20 Å². The number of carbonyl (C=O) groups excluding carboxylic acids is 1. The van der Waals surface area contributed by atoms with Gasteiger partial charge in [-0.15, -0.1) is 0 Å². The van der Waals surface area contributed by atoms with Crippen LogP contribution in [0.5, 0.6) is 5.75 Å². The molecule has 4 rings (SSSR count). The van der Waals surface area contributed by atoms with Crippen LogP contribution in [0.1, 0.15) is 59.3 Å². The second-order valence-corrected chi connectivity index (χ2v) is 9.45. The van der Waals surface area contributed by atoms with E-state index >= 15 is 0 Å². The summed E-state index contributed by atoms with van der Waals surface area (Å²) in [5.74, 6) is 1.40. The van der Waals surface area contributed by atoms with Crippen LogP contribution in [0.3, 0.4) is 0 Å². The number of anilines is 1. The van der Waals surface area contributed by atoms with E-state index in [1.807, 2.05) is 63.2 Å². The van der Waals surface area contributed by atoms with Gasteiger partial charge >= 0.3 is 5.97 Å². The van der Waals surface area contributed by atoms with E-state index in [1.165, 1.54) is 32.1 Å². The third-order valence-corrected chi connectivity index (χ3v) is 5.51. The average Bonchev–Trinajstić information content (AvgIpc) is 3.06. The predicted molar refractivity (Wildman–Crippen MR) is 121 cm³/mol. The molecule has 1 N–H and O–H groups in total. The molecule has 3 aromatic rings. The van der Waals surface area contributed by atoms with Gasteiger partial charge in [-0.25, -0.2) is 4.98 Å². The normalized spacial score (nSPS) is 15.3. The highest BCUT2D eigenvalue weighted by atomic mass is 16.5. The molecular formula is C25H31N3O2. The molecule has 0 aliphatic heterocycles. The number of benzene rings is 1. The molecule has 1 aliphatic rings. The minimum Gasteiger partial charge on any atom is -0.427 e. The first-order chi connectivity index (χ1) is 14.4. The molecule has 0 unspecified atom stereocenters. The number of aromatic nitrogens is 2. The standard InChI is InChI=1S/C25H31N3O2/c1-25(2,3)17-22(29)30-20-14-12-18(13-15-20)23-24(26-19-9-5-4-6-10-19)28-16-8-7-11-21(28)27-23/h7-8,11-16,19,26H,4-6,9-10,17H2,1-3H3. The molecule has 0 spiro atoms. The van der Waals surface area contributed by atoms with Crippen LogP contribution in [-0.2, 0) is 4.79 Å². The maximum atomic E-state index is 12.1. The van der Waals surface area contributed by atoms with Crippen molar-refractivity contribution in [2.45, 2.75) is 65.3 Å². The summed E-state index contributed by atoms with van der Waals surface area (Å²) in [5.41, 5.74) is 2.77. The molecule has 1 aromatic carbocycles. The van der Waals surface area contributed by atoms with Gasteiger partial charge in [0.15, 0.2) is 0 Å². The first-order valence-corrected chi connectivity index (χ1v) is 10.9. The zero-order valence-corrected chi connectivity index (χ0v) is 18.1. The van der Waals surface area contributed by atoms with Gasteiger partial charge in [0.05, 0.1) is 6.42 Å². The first kappa shape index (κ1) is 20.5. The monoisotopic (exact) mass is 405 g/mol. The average molecular weight is 406 g/mol. The third kappa shape index (κ3) is 4.84. The van der Waals surface area contributed by atoms with Crippen LogP contribution >= 0.6 is 0 Å². The number of rotatable bonds is 5. The molecule has 5 heteroatoms. The van der Waals surface area contributed by atoms with Crippen LogP contribution in [0.25, 0.3) is 16.9 Å². The number of carbonyl (C=O) groups is 1. The molecule has 0 bridgehead atoms. The first-order valence-electron chi connectivity index (χ1n) is 10.9. The minimum atomic E-state index is -0.206. The van der Waals surface area contributed by atoms with Gasteiger partial charge in [-0.1, -0.05) is 46.1 Å². The molecule has 5 nitrogen and oxygen atoms in total. The van der Waals surface area contributed by atoms with E-state index in [0.29, 0.717) is 18.2 Å². The lowest BCUT2D eigenvalue weighted by molar-refractivity contribution is -0.136. The molecule has 1 saturated carbocycles. The van der Waals surface area contributed by atoms with Gasteiger partial charge in [0.2, 0.25) is 0 Å². The Morgan fingerprint density at radius 1 is 1.10 bits per heavy atom. The van der Waals surface area contributed by atoms with Gasteiger partial charge in [0.1, 0.15) is 22.9 Å². The van der Waals surface area contributed by atoms with Crippen molar-refractivity contribution < 1.29 is 9.53 Å². The van der Waals surface area contributed by atoms with Crippen molar-refractivity contribution in [2.75, 3.05) is 5.32 Å². The van der Waals surface area contributed by atoms with Crippen LogP contribution in [-0.4, -0.2) is 21.4 Å². The Morgan fingerprint density at radius 3 is 2.53 bits per heavy atom. The number of imidazole rings is 1. The molecule has 0 amide bonds. The second kappa shape index (κ2) is 8.50. The number of hydrogen-bond donors (Lipinski definition) is 1. The summed E-state index contributed by atoms with van der Waals surface area (Å²) in [4.78, 5) is 17.0. The van der Waals surface area contributed by atoms with Crippen LogP contribution in [0, 0.1) is 5.41 Å². The van der Waals surface area contributed by atoms with E-state index in [-0.39, 0.29) is 11.4 Å². The molecule has 158 valence electrons. The topological polar surface area (TPSA) is 55.6 Å². The summed E-state index contributed by atoms with van der Waals surface area (Å²) in [6, 6.07) is 14.2. The number of nitrogens with zero attached hydrogens (tertiary/aromatic N) is 2. The third-order valence-electron chi connectivity index (χ3n) is 5.51. The van der Waals surface area contributed by atoms with Gasteiger partial charge in [0, 0.05) is 17.8 Å². The van der Waals surface area contributed by atoms with E-state index in [0.717, 1.165) is 22.7 Å². The molecule has 0 radical (unpaired) electrons. The van der Waals surface area contributed by atoms with Crippen molar-refractivity contribution in [1.82, 2.24) is 9.38 Å². The maximum Gasteiger partial charge on any atom is 0.311 e. The van der Waals surface area contributed by atoms with Crippen molar-refractivity contribution in [3.8, 4) is 17.0 Å². The number of nitrogens with one attached hydrogen (secondary N) is 1. The highest BCUT2D eigenvalue weighted by Crippen LogP contribution is 2.32. The number of esters is 1. The molecule has 1 fully saturated rings. The summed E-state index contributed by atoms with van der Waals surface area (Å²) >= 11 is 0. The summed E-state index contributed by atoms with van der Waals surface area (Å²) in [6.45, 7) is 6.09. The van der Waals surface area contributed by atoms with E-state index < -0.39 is 0 Å². The smallest absolute Gasteiger partial charge is 0.311 e. The molecule has 1 aliphatic carbocycles. The maximum absolute atomic E-state index is 12.1. The summed E-state index contributed by atoms with van der Waals surface area (Å²) in [7, 11) is 0.